The van der Waals surface area contributed by atoms with Gasteiger partial charge in [0.25, 0.3) is 0 Å². The van der Waals surface area contributed by atoms with Crippen molar-refractivity contribution in [3.63, 3.8) is 0 Å². The van der Waals surface area contributed by atoms with Crippen LogP contribution in [-0.4, -0.2) is 57.6 Å². The van der Waals surface area contributed by atoms with Gasteiger partial charge in [0.15, 0.2) is 0 Å². The number of carboxylic acid groups (broad SMARTS) is 3. The van der Waals surface area contributed by atoms with Crippen molar-refractivity contribution in [1.29, 1.82) is 0 Å². The Labute approximate surface area is 139 Å². The first-order valence-electron chi connectivity index (χ1n) is 7.37. The van der Waals surface area contributed by atoms with Crippen molar-refractivity contribution in [3.05, 3.63) is 0 Å². The number of aldehydes is 1. The molecular weight excluding hydrogens is 324 g/mol. The van der Waals surface area contributed by atoms with Gasteiger partial charge in [-0.05, 0) is 12.8 Å². The average molecular weight is 348 g/mol. The van der Waals surface area contributed by atoms with Gasteiger partial charge in [0, 0.05) is 12.8 Å². The molecular formula is C14H24N2O8. The third-order valence-electron chi connectivity index (χ3n) is 2.43. The number of carbonyl (C=O) groups is 5. The number of nitrogens with one attached hydrogen (secondary N) is 2. The zero-order chi connectivity index (χ0) is 19.1. The van der Waals surface area contributed by atoms with Crippen molar-refractivity contribution in [3.8, 4) is 0 Å². The molecule has 0 heterocycles. The quantitative estimate of drug-likeness (QED) is 0.354. The Bertz CT molecular complexity index is 438. The molecule has 0 aliphatic heterocycles. The van der Waals surface area contributed by atoms with Gasteiger partial charge in [-0.25, -0.2) is 14.4 Å². The molecule has 0 unspecified atom stereocenters. The standard InChI is InChI=1S/C11H16N2O8.C3H8/c14-5-1-2-6(9(17)18)12-11(21)13-7(10(19)20)3-4-8(15)16;1-3-2/h5-7H,1-4H2,(H,15,16)(H,17,18)(H,19,20)(H2,12,13,21);3H2,1-2H3/t6-,7-;/m0./s1. The van der Waals surface area contributed by atoms with Crippen LogP contribution in [0.5, 0.6) is 0 Å². The molecule has 10 heteroatoms. The van der Waals surface area contributed by atoms with Gasteiger partial charge in [-0.15, -0.1) is 0 Å². The maximum absolute atomic E-state index is 11.5. The van der Waals surface area contributed by atoms with Crippen LogP contribution in [0.25, 0.3) is 0 Å². The first-order chi connectivity index (χ1) is 11.2. The number of amides is 2. The molecule has 2 amide bonds. The van der Waals surface area contributed by atoms with Crippen molar-refractivity contribution in [2.75, 3.05) is 0 Å². The van der Waals surface area contributed by atoms with E-state index in [0.717, 1.165) is 0 Å². The zero-order valence-electron chi connectivity index (χ0n) is 13.7. The third-order valence-corrected chi connectivity index (χ3v) is 2.43. The Balaban J connectivity index is 0. The first kappa shape index (κ1) is 23.6. The predicted molar refractivity (Wildman–Crippen MR) is 82.6 cm³/mol. The molecule has 0 aromatic carbocycles. The smallest absolute Gasteiger partial charge is 0.326 e. The van der Waals surface area contributed by atoms with Crippen LogP contribution in [0.4, 0.5) is 4.79 Å². The lowest BCUT2D eigenvalue weighted by molar-refractivity contribution is -0.141. The Morgan fingerprint density at radius 1 is 0.917 bits per heavy atom. The number of urea groups is 1. The van der Waals surface area contributed by atoms with E-state index in [-0.39, 0.29) is 19.3 Å². The summed E-state index contributed by atoms with van der Waals surface area (Å²) >= 11 is 0. The summed E-state index contributed by atoms with van der Waals surface area (Å²) < 4.78 is 0. The van der Waals surface area contributed by atoms with E-state index in [9.17, 15) is 24.0 Å². The van der Waals surface area contributed by atoms with Crippen LogP contribution in [0, 0.1) is 0 Å². The second-order valence-electron chi connectivity index (χ2n) is 4.78. The fourth-order valence-electron chi connectivity index (χ4n) is 1.38. The summed E-state index contributed by atoms with van der Waals surface area (Å²) in [5.41, 5.74) is 0. The maximum atomic E-state index is 11.5. The van der Waals surface area contributed by atoms with Crippen LogP contribution in [0.1, 0.15) is 46.0 Å². The highest BCUT2D eigenvalue weighted by molar-refractivity contribution is 5.86. The molecule has 0 aromatic rings. The van der Waals surface area contributed by atoms with Gasteiger partial charge in [0.2, 0.25) is 0 Å². The second-order valence-corrected chi connectivity index (χ2v) is 4.78. The van der Waals surface area contributed by atoms with Crippen molar-refractivity contribution in [2.24, 2.45) is 0 Å². The molecule has 0 spiro atoms. The molecule has 0 radical (unpaired) electrons. The van der Waals surface area contributed by atoms with Gasteiger partial charge in [-0.1, -0.05) is 20.3 Å². The summed E-state index contributed by atoms with van der Waals surface area (Å²) in [4.78, 5) is 53.7. The van der Waals surface area contributed by atoms with Gasteiger partial charge >= 0.3 is 23.9 Å². The lowest BCUT2D eigenvalue weighted by atomic mass is 10.1. The fraction of sp³-hybridized carbons (Fsp3) is 0.643. The topological polar surface area (TPSA) is 170 Å². The lowest BCUT2D eigenvalue weighted by Gasteiger charge is -2.17. The van der Waals surface area contributed by atoms with Crippen LogP contribution >= 0.6 is 0 Å². The van der Waals surface area contributed by atoms with Gasteiger partial charge in [-0.2, -0.15) is 0 Å². The SMILES string of the molecule is CCC.O=CCC[C@H](NC(=O)N[C@@H](CCC(=O)O)C(=O)O)C(=O)O. The van der Waals surface area contributed by atoms with E-state index in [1.54, 1.807) is 0 Å². The molecule has 0 aliphatic rings. The molecule has 0 aliphatic carbocycles. The summed E-state index contributed by atoms with van der Waals surface area (Å²) in [6, 6.07) is -3.86. The molecule has 24 heavy (non-hydrogen) atoms. The Morgan fingerprint density at radius 2 is 1.33 bits per heavy atom. The van der Waals surface area contributed by atoms with E-state index in [0.29, 0.717) is 6.29 Å². The van der Waals surface area contributed by atoms with Crippen molar-refractivity contribution in [1.82, 2.24) is 10.6 Å². The average Bonchev–Trinajstić information content (AvgIpc) is 2.47. The second kappa shape index (κ2) is 14.0. The van der Waals surface area contributed by atoms with E-state index in [1.807, 2.05) is 10.6 Å². The summed E-state index contributed by atoms with van der Waals surface area (Å²) in [5, 5.41) is 30.1. The highest BCUT2D eigenvalue weighted by Gasteiger charge is 2.24. The molecule has 5 N–H and O–H groups in total. The van der Waals surface area contributed by atoms with Gasteiger partial charge in [0.05, 0.1) is 0 Å². The van der Waals surface area contributed by atoms with Crippen LogP contribution < -0.4 is 10.6 Å². The summed E-state index contributed by atoms with van der Waals surface area (Å²) in [7, 11) is 0. The Kier molecular flexibility index (Phi) is 13.8. The highest BCUT2D eigenvalue weighted by atomic mass is 16.4. The normalized spacial score (nSPS) is 11.9. The largest absolute Gasteiger partial charge is 0.481 e. The minimum atomic E-state index is -1.46. The molecule has 0 bridgehead atoms. The molecule has 0 fully saturated rings. The lowest BCUT2D eigenvalue weighted by Crippen LogP contribution is -2.51. The number of carbonyl (C=O) groups excluding carboxylic acids is 2. The molecule has 2 atom stereocenters. The van der Waals surface area contributed by atoms with Crippen molar-refractivity contribution >= 4 is 30.2 Å². The predicted octanol–water partition coefficient (Wildman–Crippen LogP) is 0.452. The molecule has 0 rings (SSSR count). The zero-order valence-corrected chi connectivity index (χ0v) is 13.7. The molecule has 138 valence electrons. The van der Waals surface area contributed by atoms with Crippen molar-refractivity contribution in [2.45, 2.75) is 58.0 Å². The summed E-state index contributed by atoms with van der Waals surface area (Å²) in [5.74, 6) is -4.03. The van der Waals surface area contributed by atoms with Gasteiger partial charge in [-0.3, -0.25) is 4.79 Å². The first-order valence-corrected chi connectivity index (χ1v) is 7.37. The number of carboxylic acids is 3. The van der Waals surface area contributed by atoms with Crippen LogP contribution in [0.15, 0.2) is 0 Å². The maximum Gasteiger partial charge on any atom is 0.326 e. The minimum Gasteiger partial charge on any atom is -0.481 e. The van der Waals surface area contributed by atoms with Crippen molar-refractivity contribution < 1.29 is 39.3 Å². The fourth-order valence-corrected chi connectivity index (χ4v) is 1.38. The Hall–Kier alpha value is -2.65. The summed E-state index contributed by atoms with van der Waals surface area (Å²) in [6.07, 6.45) is 0.703. The van der Waals surface area contributed by atoms with E-state index in [2.05, 4.69) is 13.8 Å². The number of hydrogen-bond donors (Lipinski definition) is 5. The van der Waals surface area contributed by atoms with E-state index in [4.69, 9.17) is 15.3 Å². The van der Waals surface area contributed by atoms with Crippen LogP contribution in [0.3, 0.4) is 0 Å². The van der Waals surface area contributed by atoms with Crippen LogP contribution in [-0.2, 0) is 19.2 Å². The number of aliphatic carboxylic acids is 3. The van der Waals surface area contributed by atoms with Crippen LogP contribution in [0.2, 0.25) is 0 Å². The van der Waals surface area contributed by atoms with E-state index < -0.39 is 42.4 Å². The monoisotopic (exact) mass is 348 g/mol. The molecule has 0 aromatic heterocycles. The molecule has 0 saturated carbocycles. The van der Waals surface area contributed by atoms with Gasteiger partial charge in [0.1, 0.15) is 18.4 Å². The Morgan fingerprint density at radius 3 is 1.67 bits per heavy atom. The van der Waals surface area contributed by atoms with E-state index in [1.165, 1.54) is 6.42 Å². The third kappa shape index (κ3) is 13.0. The van der Waals surface area contributed by atoms with Gasteiger partial charge < -0.3 is 30.7 Å². The highest BCUT2D eigenvalue weighted by Crippen LogP contribution is 2.00. The molecule has 10 nitrogen and oxygen atoms in total. The number of hydrogen-bond acceptors (Lipinski definition) is 5. The number of rotatable bonds is 10. The summed E-state index contributed by atoms with van der Waals surface area (Å²) in [6.45, 7) is 4.25. The minimum absolute atomic E-state index is 0.0847. The molecule has 0 saturated heterocycles. The van der Waals surface area contributed by atoms with E-state index >= 15 is 0 Å².